The van der Waals surface area contributed by atoms with Crippen molar-refractivity contribution in [2.45, 2.75) is 62.8 Å². The number of halogens is 5. The molecule has 0 rings (SSSR count). The molecule has 0 aliphatic carbocycles. The normalized spacial score (nSPS) is 14.8. The van der Waals surface area contributed by atoms with E-state index in [2.05, 4.69) is 0 Å². The number of hydrogen-bond donors (Lipinski definition) is 0. The number of rotatable bonds is 9. The van der Waals surface area contributed by atoms with E-state index >= 15 is 0 Å². The van der Waals surface area contributed by atoms with Crippen molar-refractivity contribution < 1.29 is 53.8 Å². The summed E-state index contributed by atoms with van der Waals surface area (Å²) in [5, 5.41) is -5.94. The molecule has 0 N–H and O–H groups in total. The molecule has 10 heteroatoms. The van der Waals surface area contributed by atoms with E-state index in [9.17, 15) is 34.9 Å². The van der Waals surface area contributed by atoms with Gasteiger partial charge in [0.25, 0.3) is 0 Å². The van der Waals surface area contributed by atoms with Crippen LogP contribution in [0.25, 0.3) is 0 Å². The van der Waals surface area contributed by atoms with Gasteiger partial charge in [0.15, 0.2) is 16.3 Å². The molecule has 0 bridgehead atoms. The molecule has 0 fully saturated rings. The monoisotopic (exact) mass is 318 g/mol. The van der Waals surface area contributed by atoms with Gasteiger partial charge in [0.2, 0.25) is 0 Å². The second kappa shape index (κ2) is 8.56. The van der Waals surface area contributed by atoms with Crippen LogP contribution in [0.3, 0.4) is 0 Å². The van der Waals surface area contributed by atoms with E-state index < -0.39 is 33.9 Å². The summed E-state index contributed by atoms with van der Waals surface area (Å²) in [6.45, 7) is 1.89. The van der Waals surface area contributed by atoms with Crippen molar-refractivity contribution in [3.63, 3.8) is 0 Å². The standard InChI is InChI=1S/C10H17F5O3S.Li/c1-2-3-4-5-6-7-8(11)9(12,13)10(14,15)19(16,17)18;/h8H,2-7H2,1H3,(H,16,17,18);/q;+1/p-1. The fourth-order valence-corrected chi connectivity index (χ4v) is 1.92. The zero-order valence-electron chi connectivity index (χ0n) is 11.3. The van der Waals surface area contributed by atoms with Gasteiger partial charge in [-0.15, -0.1) is 0 Å². The zero-order valence-corrected chi connectivity index (χ0v) is 12.2. The third-order valence-electron chi connectivity index (χ3n) is 2.66. The maximum atomic E-state index is 13.1. The smallest absolute Gasteiger partial charge is 0.743 e. The Bertz CT molecular complexity index is 375. The second-order valence-electron chi connectivity index (χ2n) is 4.26. The molecule has 0 aromatic carbocycles. The van der Waals surface area contributed by atoms with Crippen LogP contribution in [-0.2, 0) is 10.1 Å². The summed E-state index contributed by atoms with van der Waals surface area (Å²) < 4.78 is 94.6. The second-order valence-corrected chi connectivity index (χ2v) is 5.69. The van der Waals surface area contributed by atoms with Gasteiger partial charge < -0.3 is 4.55 Å². The number of hydrogen-bond acceptors (Lipinski definition) is 3. The van der Waals surface area contributed by atoms with E-state index in [-0.39, 0.29) is 25.3 Å². The Labute approximate surface area is 127 Å². The van der Waals surface area contributed by atoms with Crippen LogP contribution < -0.4 is 18.9 Å². The van der Waals surface area contributed by atoms with Crippen molar-refractivity contribution in [3.8, 4) is 0 Å². The Hall–Kier alpha value is 0.157. The van der Waals surface area contributed by atoms with E-state index in [1.807, 2.05) is 6.92 Å². The third-order valence-corrected chi connectivity index (χ3v) is 3.56. The molecule has 0 aliphatic rings. The van der Waals surface area contributed by atoms with Crippen LogP contribution in [0.5, 0.6) is 0 Å². The Kier molecular flexibility index (Phi) is 9.61. The predicted molar refractivity (Wildman–Crippen MR) is 57.9 cm³/mol. The van der Waals surface area contributed by atoms with Crippen LogP contribution in [0.4, 0.5) is 22.0 Å². The van der Waals surface area contributed by atoms with E-state index in [0.717, 1.165) is 12.8 Å². The van der Waals surface area contributed by atoms with Gasteiger partial charge in [0.05, 0.1) is 0 Å². The summed E-state index contributed by atoms with van der Waals surface area (Å²) >= 11 is 0. The first-order valence-electron chi connectivity index (χ1n) is 5.83. The molecular formula is C10H16F5LiO3S. The van der Waals surface area contributed by atoms with Crippen molar-refractivity contribution in [1.82, 2.24) is 0 Å². The quantitative estimate of drug-likeness (QED) is 0.269. The minimum Gasteiger partial charge on any atom is -0.743 e. The maximum absolute atomic E-state index is 13.1. The molecule has 0 aliphatic heterocycles. The van der Waals surface area contributed by atoms with Crippen LogP contribution in [0.15, 0.2) is 0 Å². The molecule has 0 spiro atoms. The van der Waals surface area contributed by atoms with Crippen LogP contribution in [0.2, 0.25) is 0 Å². The maximum Gasteiger partial charge on any atom is 1.00 e. The van der Waals surface area contributed by atoms with E-state index in [4.69, 9.17) is 0 Å². The summed E-state index contributed by atoms with van der Waals surface area (Å²) in [5.41, 5.74) is 0. The summed E-state index contributed by atoms with van der Waals surface area (Å²) in [4.78, 5) is 0. The van der Waals surface area contributed by atoms with E-state index in [0.29, 0.717) is 12.8 Å². The molecule has 0 saturated heterocycles. The van der Waals surface area contributed by atoms with Gasteiger partial charge in [-0.3, -0.25) is 0 Å². The first-order valence-corrected chi connectivity index (χ1v) is 7.24. The van der Waals surface area contributed by atoms with E-state index in [1.54, 1.807) is 0 Å². The van der Waals surface area contributed by atoms with Crippen LogP contribution in [-0.4, -0.2) is 30.3 Å². The molecule has 20 heavy (non-hydrogen) atoms. The van der Waals surface area contributed by atoms with Gasteiger partial charge in [-0.05, 0) is 6.42 Å². The van der Waals surface area contributed by atoms with Crippen LogP contribution in [0, 0.1) is 0 Å². The van der Waals surface area contributed by atoms with Crippen molar-refractivity contribution in [2.24, 2.45) is 0 Å². The van der Waals surface area contributed by atoms with Gasteiger partial charge >= 0.3 is 30.0 Å². The van der Waals surface area contributed by atoms with Crippen molar-refractivity contribution in [1.29, 1.82) is 0 Å². The summed E-state index contributed by atoms with van der Waals surface area (Å²) in [6, 6.07) is 0. The number of unbranched alkanes of at least 4 members (excludes halogenated alkanes) is 4. The Balaban J connectivity index is 0. The molecular weight excluding hydrogens is 302 g/mol. The number of alkyl halides is 5. The summed E-state index contributed by atoms with van der Waals surface area (Å²) in [7, 11) is -6.62. The largest absolute Gasteiger partial charge is 1.00 e. The minimum absolute atomic E-state index is 0. The third kappa shape index (κ3) is 5.51. The Morgan fingerprint density at radius 2 is 1.50 bits per heavy atom. The molecule has 0 aromatic heterocycles. The summed E-state index contributed by atoms with van der Waals surface area (Å²) in [6.07, 6.45) is -1.67. The van der Waals surface area contributed by atoms with Gasteiger partial charge in [0, 0.05) is 0 Å². The van der Waals surface area contributed by atoms with Crippen LogP contribution >= 0.6 is 0 Å². The molecule has 0 radical (unpaired) electrons. The van der Waals surface area contributed by atoms with E-state index in [1.165, 1.54) is 0 Å². The topological polar surface area (TPSA) is 57.2 Å². The molecule has 0 saturated carbocycles. The first kappa shape index (κ1) is 22.4. The Morgan fingerprint density at radius 1 is 1.05 bits per heavy atom. The predicted octanol–water partition coefficient (Wildman–Crippen LogP) is 0.462. The summed E-state index contributed by atoms with van der Waals surface area (Å²) in [5.74, 6) is -5.52. The first-order chi connectivity index (χ1) is 8.48. The Morgan fingerprint density at radius 3 is 1.90 bits per heavy atom. The minimum atomic E-state index is -6.62. The molecule has 1 atom stereocenters. The molecule has 0 aromatic rings. The molecule has 0 heterocycles. The average Bonchev–Trinajstić information content (AvgIpc) is 2.26. The van der Waals surface area contributed by atoms with Crippen molar-refractivity contribution in [2.75, 3.05) is 0 Å². The molecule has 3 nitrogen and oxygen atoms in total. The molecule has 116 valence electrons. The fourth-order valence-electron chi connectivity index (χ4n) is 1.46. The molecule has 1 unspecified atom stereocenters. The SMILES string of the molecule is CCCCCCCC(F)C(F)(F)C(F)(F)S(=O)(=O)[O-].[Li+]. The van der Waals surface area contributed by atoms with Crippen molar-refractivity contribution in [3.05, 3.63) is 0 Å². The van der Waals surface area contributed by atoms with Gasteiger partial charge in [0.1, 0.15) is 0 Å². The molecule has 0 amide bonds. The van der Waals surface area contributed by atoms with Gasteiger partial charge in [-0.25, -0.2) is 12.8 Å². The van der Waals surface area contributed by atoms with Crippen LogP contribution in [0.1, 0.15) is 45.4 Å². The average molecular weight is 318 g/mol. The zero-order chi connectivity index (χ0) is 15.3. The fraction of sp³-hybridized carbons (Fsp3) is 1.00. The van der Waals surface area contributed by atoms with Gasteiger partial charge in [-0.2, -0.15) is 17.6 Å². The van der Waals surface area contributed by atoms with Gasteiger partial charge in [-0.1, -0.05) is 39.0 Å². The van der Waals surface area contributed by atoms with Crippen molar-refractivity contribution >= 4 is 10.1 Å².